The first-order chi connectivity index (χ1) is 16.2. The highest BCUT2D eigenvalue weighted by atomic mass is 35.5. The van der Waals surface area contributed by atoms with Gasteiger partial charge >= 0.3 is 17.6 Å². The van der Waals surface area contributed by atoms with Gasteiger partial charge in [-0.15, -0.1) is 0 Å². The summed E-state index contributed by atoms with van der Waals surface area (Å²) in [7, 11) is 1.16. The van der Waals surface area contributed by atoms with E-state index in [2.05, 4.69) is 4.74 Å². The van der Waals surface area contributed by atoms with E-state index in [1.165, 1.54) is 30.3 Å². The molecule has 0 fully saturated rings. The maximum Gasteiger partial charge on any atom is 0.343 e. The molecule has 0 spiro atoms. The number of carbonyl (C=O) groups excluding carboxylic acids is 2. The summed E-state index contributed by atoms with van der Waals surface area (Å²) in [6.45, 7) is 1.51. The van der Waals surface area contributed by atoms with Gasteiger partial charge in [0.2, 0.25) is 5.75 Å². The molecule has 0 bridgehead atoms. The fraction of sp³-hybridized carbons (Fsp3) is 0.364. The second-order valence-electron chi connectivity index (χ2n) is 7.26. The monoisotopic (exact) mass is 496 g/mol. The number of methoxy groups -OCH3 is 1. The van der Waals surface area contributed by atoms with Crippen LogP contribution in [-0.2, 0) is 25.6 Å². The maximum absolute atomic E-state index is 13.7. The van der Waals surface area contributed by atoms with Crippen LogP contribution in [0.3, 0.4) is 0 Å². The van der Waals surface area contributed by atoms with E-state index in [-0.39, 0.29) is 42.7 Å². The minimum Gasteiger partial charge on any atom is -0.489 e. The molecule has 0 saturated heterocycles. The Labute approximate surface area is 199 Å². The number of ether oxygens (including phenoxy) is 4. The Morgan fingerprint density at radius 3 is 2.74 bits per heavy atom. The highest BCUT2D eigenvalue weighted by Gasteiger charge is 2.31. The number of nitrogens with zero attached hydrogens (tertiary/aromatic N) is 2. The van der Waals surface area contributed by atoms with Gasteiger partial charge in [-0.25, -0.2) is 9.18 Å². The van der Waals surface area contributed by atoms with E-state index in [9.17, 15) is 24.1 Å². The fourth-order valence-corrected chi connectivity index (χ4v) is 3.79. The molecule has 0 aromatic heterocycles. The number of nitro benzene ring substituents is 1. The van der Waals surface area contributed by atoms with Crippen molar-refractivity contribution in [1.82, 2.24) is 0 Å². The Hall–Kier alpha value is -3.60. The zero-order chi connectivity index (χ0) is 24.8. The molecule has 0 amide bonds. The van der Waals surface area contributed by atoms with Crippen LogP contribution in [0.4, 0.5) is 15.8 Å². The van der Waals surface area contributed by atoms with E-state index in [0.717, 1.165) is 7.11 Å². The molecular formula is C22H22ClFN2O8. The number of carbonyl (C=O) groups is 2. The van der Waals surface area contributed by atoms with Gasteiger partial charge in [0.1, 0.15) is 18.2 Å². The third-order valence-electron chi connectivity index (χ3n) is 5.01. The van der Waals surface area contributed by atoms with Crippen LogP contribution in [0.25, 0.3) is 0 Å². The van der Waals surface area contributed by atoms with Crippen LogP contribution in [-0.4, -0.2) is 49.8 Å². The summed E-state index contributed by atoms with van der Waals surface area (Å²) in [5, 5.41) is 11.6. The molecule has 1 aliphatic rings. The second-order valence-corrected chi connectivity index (χ2v) is 7.67. The molecule has 0 radical (unpaired) electrons. The molecule has 0 saturated carbocycles. The van der Waals surface area contributed by atoms with Crippen molar-refractivity contribution in [3.8, 4) is 11.5 Å². The van der Waals surface area contributed by atoms with E-state index in [0.29, 0.717) is 11.3 Å². The van der Waals surface area contributed by atoms with E-state index >= 15 is 0 Å². The van der Waals surface area contributed by atoms with Gasteiger partial charge in [-0.3, -0.25) is 14.9 Å². The van der Waals surface area contributed by atoms with Gasteiger partial charge in [0.15, 0.2) is 6.61 Å². The molecule has 0 unspecified atom stereocenters. The molecule has 12 heteroatoms. The summed E-state index contributed by atoms with van der Waals surface area (Å²) in [5.74, 6) is -1.66. The largest absolute Gasteiger partial charge is 0.489 e. The zero-order valence-corrected chi connectivity index (χ0v) is 19.2. The number of hydrogen-bond acceptors (Lipinski definition) is 9. The van der Waals surface area contributed by atoms with Crippen molar-refractivity contribution in [3.05, 3.63) is 56.8 Å². The summed E-state index contributed by atoms with van der Waals surface area (Å²) in [4.78, 5) is 36.3. The standard InChI is InChI=1S/C22H22ClFN2O8/c1-3-32-20(27)9-15-11-33-19-8-14(24)4-5-17(19)25(15)10-13-6-16(23)22(18(7-13)26(29)30)34-12-21(28)31-2/h4-8,15H,3,9-12H2,1-2H3/t15-/m0/s1. The molecule has 0 N–H and O–H groups in total. The van der Waals surface area contributed by atoms with Crippen LogP contribution < -0.4 is 14.4 Å². The summed E-state index contributed by atoms with van der Waals surface area (Å²) in [6.07, 6.45) is -0.0131. The predicted octanol–water partition coefficient (Wildman–Crippen LogP) is 3.66. The highest BCUT2D eigenvalue weighted by molar-refractivity contribution is 6.32. The Kier molecular flexibility index (Phi) is 8.11. The number of halogens is 2. The van der Waals surface area contributed by atoms with E-state index in [1.807, 2.05) is 0 Å². The Balaban J connectivity index is 1.95. The summed E-state index contributed by atoms with van der Waals surface area (Å²) in [5.41, 5.74) is 0.487. The average Bonchev–Trinajstić information content (AvgIpc) is 2.79. The van der Waals surface area contributed by atoms with Crippen LogP contribution in [0.2, 0.25) is 5.02 Å². The molecule has 10 nitrogen and oxygen atoms in total. The number of nitro groups is 1. The van der Waals surface area contributed by atoms with Crippen LogP contribution in [0.1, 0.15) is 18.9 Å². The minimum atomic E-state index is -0.728. The lowest BCUT2D eigenvalue weighted by molar-refractivity contribution is -0.385. The summed E-state index contributed by atoms with van der Waals surface area (Å²) >= 11 is 6.26. The molecule has 34 heavy (non-hydrogen) atoms. The molecular weight excluding hydrogens is 475 g/mol. The fourth-order valence-electron chi connectivity index (χ4n) is 3.50. The van der Waals surface area contributed by atoms with E-state index in [1.54, 1.807) is 11.8 Å². The predicted molar refractivity (Wildman–Crippen MR) is 119 cm³/mol. The van der Waals surface area contributed by atoms with Gasteiger partial charge in [-0.05, 0) is 30.7 Å². The molecule has 1 aliphatic heterocycles. The van der Waals surface area contributed by atoms with Crippen LogP contribution in [0, 0.1) is 15.9 Å². The van der Waals surface area contributed by atoms with Crippen molar-refractivity contribution < 1.29 is 37.9 Å². The lowest BCUT2D eigenvalue weighted by atomic mass is 10.1. The third-order valence-corrected chi connectivity index (χ3v) is 5.29. The van der Waals surface area contributed by atoms with E-state index in [4.69, 9.17) is 25.8 Å². The summed E-state index contributed by atoms with van der Waals surface area (Å²) in [6, 6.07) is 6.22. The quantitative estimate of drug-likeness (QED) is 0.291. The topological polar surface area (TPSA) is 117 Å². The first-order valence-corrected chi connectivity index (χ1v) is 10.6. The lowest BCUT2D eigenvalue weighted by Gasteiger charge is -2.38. The van der Waals surface area contributed by atoms with Gasteiger partial charge < -0.3 is 23.8 Å². The number of esters is 2. The molecule has 182 valence electrons. The van der Waals surface area contributed by atoms with Crippen molar-refractivity contribution in [2.45, 2.75) is 25.9 Å². The minimum absolute atomic E-state index is 0.0131. The number of rotatable bonds is 9. The molecule has 2 aromatic rings. The van der Waals surface area contributed by atoms with Gasteiger partial charge in [0.05, 0.1) is 41.8 Å². The molecule has 2 aromatic carbocycles. The third kappa shape index (κ3) is 5.84. The normalized spacial score (nSPS) is 14.6. The Morgan fingerprint density at radius 1 is 1.29 bits per heavy atom. The first kappa shape index (κ1) is 25.0. The van der Waals surface area contributed by atoms with Crippen LogP contribution >= 0.6 is 11.6 Å². The number of benzene rings is 2. The smallest absolute Gasteiger partial charge is 0.343 e. The number of anilines is 1. The van der Waals surface area contributed by atoms with Gasteiger partial charge in [0, 0.05) is 18.7 Å². The lowest BCUT2D eigenvalue weighted by Crippen LogP contribution is -2.44. The van der Waals surface area contributed by atoms with E-state index < -0.39 is 41.0 Å². The van der Waals surface area contributed by atoms with Crippen molar-refractivity contribution in [2.75, 3.05) is 31.8 Å². The number of fused-ring (bicyclic) bond motifs is 1. The average molecular weight is 497 g/mol. The maximum atomic E-state index is 13.7. The van der Waals surface area contributed by atoms with Gasteiger partial charge in [0.25, 0.3) is 0 Å². The molecule has 3 rings (SSSR count). The van der Waals surface area contributed by atoms with Crippen molar-refractivity contribution >= 4 is 34.9 Å². The van der Waals surface area contributed by atoms with Crippen LogP contribution in [0.5, 0.6) is 11.5 Å². The zero-order valence-electron chi connectivity index (χ0n) is 18.4. The molecule has 1 heterocycles. The molecule has 1 atom stereocenters. The van der Waals surface area contributed by atoms with Crippen molar-refractivity contribution in [2.24, 2.45) is 0 Å². The second kappa shape index (κ2) is 11.0. The van der Waals surface area contributed by atoms with Gasteiger partial charge in [-0.2, -0.15) is 0 Å². The van der Waals surface area contributed by atoms with Crippen molar-refractivity contribution in [3.63, 3.8) is 0 Å². The van der Waals surface area contributed by atoms with Crippen LogP contribution in [0.15, 0.2) is 30.3 Å². The Bertz CT molecular complexity index is 1100. The Morgan fingerprint density at radius 2 is 2.06 bits per heavy atom. The summed E-state index contributed by atoms with van der Waals surface area (Å²) < 4.78 is 34.1. The van der Waals surface area contributed by atoms with Crippen molar-refractivity contribution in [1.29, 1.82) is 0 Å². The highest BCUT2D eigenvalue weighted by Crippen LogP contribution is 2.40. The SMILES string of the molecule is CCOC(=O)C[C@H]1COc2cc(F)ccc2N1Cc1cc(Cl)c(OCC(=O)OC)c([N+](=O)[O-])c1. The first-order valence-electron chi connectivity index (χ1n) is 10.2. The van der Waals surface area contributed by atoms with Gasteiger partial charge in [-0.1, -0.05) is 11.6 Å². The number of hydrogen-bond donors (Lipinski definition) is 0. The molecule has 0 aliphatic carbocycles.